The zero-order valence-corrected chi connectivity index (χ0v) is 12.0. The Morgan fingerprint density at radius 1 is 1.38 bits per heavy atom. The van der Waals surface area contributed by atoms with E-state index in [2.05, 4.69) is 10.6 Å². The largest absolute Gasteiger partial charge is 0.491 e. The van der Waals surface area contributed by atoms with Gasteiger partial charge >= 0.3 is 5.97 Å². The summed E-state index contributed by atoms with van der Waals surface area (Å²) in [5.41, 5.74) is 0.136. The number of hydrogen-bond donors (Lipinski definition) is 3. The minimum absolute atomic E-state index is 0.0107. The van der Waals surface area contributed by atoms with Gasteiger partial charge < -0.3 is 20.5 Å². The molecule has 6 heteroatoms. The molecule has 0 heterocycles. The van der Waals surface area contributed by atoms with Gasteiger partial charge in [0.2, 0.25) is 5.91 Å². The lowest BCUT2D eigenvalue weighted by Gasteiger charge is -2.14. The maximum absolute atomic E-state index is 11.7. The number of benzene rings is 1. The molecule has 1 saturated carbocycles. The smallest absolute Gasteiger partial charge is 0.339 e. The highest BCUT2D eigenvalue weighted by molar-refractivity contribution is 5.90. The number of carbonyl (C=O) groups excluding carboxylic acids is 1. The van der Waals surface area contributed by atoms with Crippen LogP contribution >= 0.6 is 0 Å². The first-order valence-corrected chi connectivity index (χ1v) is 7.07. The number of amides is 1. The Hall–Kier alpha value is -2.08. The van der Waals surface area contributed by atoms with E-state index >= 15 is 0 Å². The number of nitrogens with one attached hydrogen (secondary N) is 2. The molecule has 6 nitrogen and oxygen atoms in total. The Balaban J connectivity index is 1.71. The molecular weight excluding hydrogens is 272 g/mol. The van der Waals surface area contributed by atoms with Crippen molar-refractivity contribution in [1.82, 2.24) is 10.6 Å². The Morgan fingerprint density at radius 2 is 2.10 bits per heavy atom. The number of carboxylic acid groups (broad SMARTS) is 1. The molecule has 1 aliphatic carbocycles. The van der Waals surface area contributed by atoms with Crippen LogP contribution in [0.5, 0.6) is 5.75 Å². The molecule has 0 aromatic heterocycles. The van der Waals surface area contributed by atoms with Crippen molar-refractivity contribution in [3.63, 3.8) is 0 Å². The van der Waals surface area contributed by atoms with Crippen LogP contribution in [0, 0.1) is 0 Å². The van der Waals surface area contributed by atoms with Crippen molar-refractivity contribution in [2.45, 2.75) is 31.8 Å². The van der Waals surface area contributed by atoms with Gasteiger partial charge in [-0.1, -0.05) is 12.1 Å². The first-order chi connectivity index (χ1) is 10.1. The minimum atomic E-state index is -1.02. The van der Waals surface area contributed by atoms with E-state index in [0.717, 1.165) is 12.8 Å². The standard InChI is InChI=1S/C15H20N2O4/c1-10(14(18)17-11-6-7-11)16-8-9-21-13-5-3-2-4-12(13)15(19)20/h2-5,10-11,16H,6-9H2,1H3,(H,17,18)(H,19,20). The van der Waals surface area contributed by atoms with Gasteiger partial charge in [-0.25, -0.2) is 4.79 Å². The molecule has 1 fully saturated rings. The zero-order chi connectivity index (χ0) is 15.2. The van der Waals surface area contributed by atoms with Crippen LogP contribution in [0.1, 0.15) is 30.1 Å². The molecular formula is C15H20N2O4. The van der Waals surface area contributed by atoms with Gasteiger partial charge in [0.1, 0.15) is 17.9 Å². The minimum Gasteiger partial charge on any atom is -0.491 e. The SMILES string of the molecule is CC(NCCOc1ccccc1C(=O)O)C(=O)NC1CC1. The first kappa shape index (κ1) is 15.3. The molecule has 1 aliphatic rings. The van der Waals surface area contributed by atoms with Gasteiger partial charge in [0, 0.05) is 12.6 Å². The van der Waals surface area contributed by atoms with Crippen LogP contribution in [0.3, 0.4) is 0 Å². The number of rotatable bonds is 8. The average Bonchev–Trinajstić information content (AvgIpc) is 3.27. The van der Waals surface area contributed by atoms with E-state index in [0.29, 0.717) is 24.9 Å². The first-order valence-electron chi connectivity index (χ1n) is 7.07. The Kier molecular flexibility index (Phi) is 5.16. The van der Waals surface area contributed by atoms with Crippen molar-refractivity contribution in [3.05, 3.63) is 29.8 Å². The van der Waals surface area contributed by atoms with Gasteiger partial charge in [-0.2, -0.15) is 0 Å². The topological polar surface area (TPSA) is 87.7 Å². The highest BCUT2D eigenvalue weighted by Crippen LogP contribution is 2.18. The Bertz CT molecular complexity index is 514. The maximum atomic E-state index is 11.7. The maximum Gasteiger partial charge on any atom is 0.339 e. The molecule has 1 atom stereocenters. The van der Waals surface area contributed by atoms with E-state index in [4.69, 9.17) is 9.84 Å². The van der Waals surface area contributed by atoms with Crippen LogP contribution in [0.15, 0.2) is 24.3 Å². The van der Waals surface area contributed by atoms with Gasteiger partial charge in [0.25, 0.3) is 0 Å². The van der Waals surface area contributed by atoms with Crippen LogP contribution in [-0.4, -0.2) is 42.2 Å². The highest BCUT2D eigenvalue weighted by atomic mass is 16.5. The molecule has 0 radical (unpaired) electrons. The lowest BCUT2D eigenvalue weighted by Crippen LogP contribution is -2.44. The second-order valence-electron chi connectivity index (χ2n) is 5.11. The molecule has 1 amide bonds. The van der Waals surface area contributed by atoms with E-state index in [1.165, 1.54) is 6.07 Å². The fourth-order valence-electron chi connectivity index (χ4n) is 1.85. The van der Waals surface area contributed by atoms with Crippen molar-refractivity contribution in [2.24, 2.45) is 0 Å². The van der Waals surface area contributed by atoms with Crippen LogP contribution in [0.4, 0.5) is 0 Å². The third-order valence-electron chi connectivity index (χ3n) is 3.24. The van der Waals surface area contributed by atoms with E-state index in [9.17, 15) is 9.59 Å². The Morgan fingerprint density at radius 3 is 2.76 bits per heavy atom. The fraction of sp³-hybridized carbons (Fsp3) is 0.467. The second-order valence-corrected chi connectivity index (χ2v) is 5.11. The lowest BCUT2D eigenvalue weighted by molar-refractivity contribution is -0.122. The summed E-state index contributed by atoms with van der Waals surface area (Å²) < 4.78 is 5.45. The molecule has 1 aromatic rings. The van der Waals surface area contributed by atoms with E-state index in [-0.39, 0.29) is 17.5 Å². The zero-order valence-electron chi connectivity index (χ0n) is 12.0. The van der Waals surface area contributed by atoms with E-state index in [1.54, 1.807) is 25.1 Å². The number of hydrogen-bond acceptors (Lipinski definition) is 4. The quantitative estimate of drug-likeness (QED) is 0.623. The third-order valence-corrected chi connectivity index (χ3v) is 3.24. The molecule has 1 aromatic carbocycles. The Labute approximate surface area is 123 Å². The average molecular weight is 292 g/mol. The van der Waals surface area contributed by atoms with Crippen molar-refractivity contribution in [2.75, 3.05) is 13.2 Å². The molecule has 3 N–H and O–H groups in total. The number of carbonyl (C=O) groups is 2. The van der Waals surface area contributed by atoms with Gasteiger partial charge in [0.15, 0.2) is 0 Å². The van der Waals surface area contributed by atoms with Gasteiger partial charge in [-0.15, -0.1) is 0 Å². The molecule has 0 aliphatic heterocycles. The predicted octanol–water partition coefficient (Wildman–Crippen LogP) is 1.02. The third kappa shape index (κ3) is 4.75. The summed E-state index contributed by atoms with van der Waals surface area (Å²) in [5, 5.41) is 15.0. The van der Waals surface area contributed by atoms with Crippen molar-refractivity contribution in [3.8, 4) is 5.75 Å². The molecule has 0 spiro atoms. The summed E-state index contributed by atoms with van der Waals surface area (Å²) in [7, 11) is 0. The summed E-state index contributed by atoms with van der Waals surface area (Å²) in [6.07, 6.45) is 2.13. The number of para-hydroxylation sites is 1. The molecule has 114 valence electrons. The van der Waals surface area contributed by atoms with E-state index in [1.807, 2.05) is 0 Å². The summed E-state index contributed by atoms with van der Waals surface area (Å²) >= 11 is 0. The number of aromatic carboxylic acids is 1. The molecule has 1 unspecified atom stereocenters. The highest BCUT2D eigenvalue weighted by Gasteiger charge is 2.25. The summed E-state index contributed by atoms with van der Waals surface area (Å²) in [6, 6.07) is 6.55. The van der Waals surface area contributed by atoms with Gasteiger partial charge in [0.05, 0.1) is 6.04 Å². The molecule has 0 saturated heterocycles. The summed E-state index contributed by atoms with van der Waals surface area (Å²) in [5.74, 6) is -0.693. The van der Waals surface area contributed by atoms with Crippen LogP contribution in [0.2, 0.25) is 0 Å². The normalized spacial score (nSPS) is 15.3. The molecule has 2 rings (SSSR count). The van der Waals surface area contributed by atoms with Crippen LogP contribution in [-0.2, 0) is 4.79 Å². The summed E-state index contributed by atoms with van der Waals surface area (Å²) in [6.45, 7) is 2.56. The predicted molar refractivity (Wildman–Crippen MR) is 77.5 cm³/mol. The van der Waals surface area contributed by atoms with Crippen molar-refractivity contribution < 1.29 is 19.4 Å². The van der Waals surface area contributed by atoms with Crippen LogP contribution < -0.4 is 15.4 Å². The number of carboxylic acids is 1. The van der Waals surface area contributed by atoms with E-state index < -0.39 is 5.97 Å². The van der Waals surface area contributed by atoms with Crippen molar-refractivity contribution in [1.29, 1.82) is 0 Å². The van der Waals surface area contributed by atoms with Gasteiger partial charge in [-0.05, 0) is 31.9 Å². The molecule has 0 bridgehead atoms. The summed E-state index contributed by atoms with van der Waals surface area (Å²) in [4.78, 5) is 22.7. The fourth-order valence-corrected chi connectivity index (χ4v) is 1.85. The number of ether oxygens (including phenoxy) is 1. The molecule has 21 heavy (non-hydrogen) atoms. The lowest BCUT2D eigenvalue weighted by atomic mass is 10.2. The monoisotopic (exact) mass is 292 g/mol. The van der Waals surface area contributed by atoms with Crippen LogP contribution in [0.25, 0.3) is 0 Å². The van der Waals surface area contributed by atoms with Crippen molar-refractivity contribution >= 4 is 11.9 Å². The van der Waals surface area contributed by atoms with Gasteiger partial charge in [-0.3, -0.25) is 4.79 Å². The second kappa shape index (κ2) is 7.08.